The summed E-state index contributed by atoms with van der Waals surface area (Å²) in [6, 6.07) is 0. The van der Waals surface area contributed by atoms with E-state index >= 15 is 0 Å². The van der Waals surface area contributed by atoms with Gasteiger partial charge in [0.25, 0.3) is 0 Å². The summed E-state index contributed by atoms with van der Waals surface area (Å²) in [5.41, 5.74) is 0. The maximum Gasteiger partial charge on any atom is -0.0202 e. The molecule has 0 aromatic rings. The minimum absolute atomic E-state index is 0.878. The van der Waals surface area contributed by atoms with Crippen LogP contribution in [0.2, 0.25) is 0 Å². The highest BCUT2D eigenvalue weighted by Crippen LogP contribution is 2.32. The Labute approximate surface area is 102 Å². The van der Waals surface area contributed by atoms with Crippen LogP contribution in [0, 0.1) is 17.8 Å². The Morgan fingerprint density at radius 3 is 2.94 bits per heavy atom. The summed E-state index contributed by atoms with van der Waals surface area (Å²) < 4.78 is 0. The number of hydrogen-bond acceptors (Lipinski definition) is 0. The number of allylic oxidation sites excluding steroid dienone is 3. The Bertz CT molecular complexity index is 214. The molecule has 0 heteroatoms. The van der Waals surface area contributed by atoms with Crippen LogP contribution in [-0.4, -0.2) is 0 Å². The number of rotatable bonds is 8. The quantitative estimate of drug-likeness (QED) is 0.483. The molecular formula is C16H28. The predicted molar refractivity (Wildman–Crippen MR) is 73.5 cm³/mol. The molecule has 0 N–H and O–H groups in total. The molecule has 0 radical (unpaired) electrons. The van der Waals surface area contributed by atoms with E-state index < -0.39 is 0 Å². The maximum atomic E-state index is 3.79. The Morgan fingerprint density at radius 1 is 1.44 bits per heavy atom. The van der Waals surface area contributed by atoms with Crippen LogP contribution in [0.15, 0.2) is 24.8 Å². The first-order chi connectivity index (χ1) is 7.77. The van der Waals surface area contributed by atoms with Crippen molar-refractivity contribution in [3.05, 3.63) is 24.8 Å². The number of hydrogen-bond donors (Lipinski definition) is 0. The minimum atomic E-state index is 0.878. The molecule has 0 spiro atoms. The first kappa shape index (κ1) is 13.5. The molecule has 0 aromatic heterocycles. The molecule has 0 amide bonds. The minimum Gasteiger partial charge on any atom is -0.103 e. The van der Waals surface area contributed by atoms with Gasteiger partial charge in [-0.25, -0.2) is 0 Å². The SMILES string of the molecule is C=CCCC(C)CCCC1C=CCC1CC. The van der Waals surface area contributed by atoms with Crippen LogP contribution in [0.5, 0.6) is 0 Å². The molecule has 1 aliphatic rings. The molecule has 92 valence electrons. The van der Waals surface area contributed by atoms with E-state index in [0.717, 1.165) is 17.8 Å². The molecule has 0 bridgehead atoms. The second kappa shape index (κ2) is 7.70. The van der Waals surface area contributed by atoms with Gasteiger partial charge in [-0.15, -0.1) is 6.58 Å². The Balaban J connectivity index is 2.10. The lowest BCUT2D eigenvalue weighted by atomic mass is 9.87. The third kappa shape index (κ3) is 4.55. The lowest BCUT2D eigenvalue weighted by Crippen LogP contribution is -2.07. The average molecular weight is 220 g/mol. The van der Waals surface area contributed by atoms with Crippen molar-refractivity contribution >= 4 is 0 Å². The third-order valence-electron chi connectivity index (χ3n) is 4.05. The average Bonchev–Trinajstić information content (AvgIpc) is 2.74. The molecule has 3 atom stereocenters. The normalized spacial score (nSPS) is 25.9. The monoisotopic (exact) mass is 220 g/mol. The highest BCUT2D eigenvalue weighted by molar-refractivity contribution is 5.00. The molecule has 16 heavy (non-hydrogen) atoms. The van der Waals surface area contributed by atoms with Crippen molar-refractivity contribution in [2.45, 2.75) is 58.8 Å². The topological polar surface area (TPSA) is 0 Å². The van der Waals surface area contributed by atoms with Gasteiger partial charge in [0, 0.05) is 0 Å². The highest BCUT2D eigenvalue weighted by atomic mass is 14.3. The zero-order valence-corrected chi connectivity index (χ0v) is 11.1. The summed E-state index contributed by atoms with van der Waals surface area (Å²) in [5, 5.41) is 0. The Hall–Kier alpha value is -0.520. The van der Waals surface area contributed by atoms with Crippen molar-refractivity contribution in [2.75, 3.05) is 0 Å². The van der Waals surface area contributed by atoms with Crippen LogP contribution in [0.3, 0.4) is 0 Å². The van der Waals surface area contributed by atoms with E-state index in [4.69, 9.17) is 0 Å². The molecular weight excluding hydrogens is 192 g/mol. The standard InChI is InChI=1S/C16H28/c1-4-6-9-14(3)10-7-12-16-13-8-11-15(16)5-2/h4,8,13-16H,1,5-7,9-12H2,2-3H3. The van der Waals surface area contributed by atoms with E-state index in [0.29, 0.717) is 0 Å². The third-order valence-corrected chi connectivity index (χ3v) is 4.05. The van der Waals surface area contributed by atoms with Crippen LogP contribution in [-0.2, 0) is 0 Å². The molecule has 3 unspecified atom stereocenters. The van der Waals surface area contributed by atoms with Crippen LogP contribution in [0.25, 0.3) is 0 Å². The van der Waals surface area contributed by atoms with Gasteiger partial charge >= 0.3 is 0 Å². The largest absolute Gasteiger partial charge is 0.103 e. The van der Waals surface area contributed by atoms with Crippen molar-refractivity contribution in [1.82, 2.24) is 0 Å². The second-order valence-electron chi connectivity index (χ2n) is 5.40. The van der Waals surface area contributed by atoms with Gasteiger partial charge in [0.1, 0.15) is 0 Å². The summed E-state index contributed by atoms with van der Waals surface area (Å²) in [6.45, 7) is 8.50. The van der Waals surface area contributed by atoms with Crippen LogP contribution in [0.4, 0.5) is 0 Å². The molecule has 0 aromatic carbocycles. The van der Waals surface area contributed by atoms with E-state index in [-0.39, 0.29) is 0 Å². The predicted octanol–water partition coefficient (Wildman–Crippen LogP) is 5.36. The zero-order valence-electron chi connectivity index (χ0n) is 11.1. The molecule has 1 aliphatic carbocycles. The Kier molecular flexibility index (Phi) is 6.52. The lowest BCUT2D eigenvalue weighted by Gasteiger charge is -2.18. The van der Waals surface area contributed by atoms with Crippen molar-refractivity contribution in [1.29, 1.82) is 0 Å². The van der Waals surface area contributed by atoms with Crippen LogP contribution < -0.4 is 0 Å². The molecule has 0 saturated carbocycles. The second-order valence-corrected chi connectivity index (χ2v) is 5.40. The van der Waals surface area contributed by atoms with Gasteiger partial charge in [-0.2, -0.15) is 0 Å². The summed E-state index contributed by atoms with van der Waals surface area (Å²) in [7, 11) is 0. The summed E-state index contributed by atoms with van der Waals surface area (Å²) in [4.78, 5) is 0. The van der Waals surface area contributed by atoms with Crippen molar-refractivity contribution in [3.63, 3.8) is 0 Å². The molecule has 0 saturated heterocycles. The molecule has 0 fully saturated rings. The van der Waals surface area contributed by atoms with Crippen LogP contribution in [0.1, 0.15) is 58.8 Å². The summed E-state index contributed by atoms with van der Waals surface area (Å²) in [6.07, 6.45) is 16.3. The van der Waals surface area contributed by atoms with Gasteiger partial charge in [0.05, 0.1) is 0 Å². The fourth-order valence-corrected chi connectivity index (χ4v) is 2.81. The van der Waals surface area contributed by atoms with Gasteiger partial charge in [-0.1, -0.05) is 51.3 Å². The molecule has 0 aliphatic heterocycles. The van der Waals surface area contributed by atoms with E-state index in [2.05, 4.69) is 32.6 Å². The van der Waals surface area contributed by atoms with Gasteiger partial charge in [-0.05, 0) is 43.4 Å². The van der Waals surface area contributed by atoms with Gasteiger partial charge in [-0.3, -0.25) is 0 Å². The van der Waals surface area contributed by atoms with Gasteiger partial charge in [0.2, 0.25) is 0 Å². The van der Waals surface area contributed by atoms with Crippen molar-refractivity contribution < 1.29 is 0 Å². The van der Waals surface area contributed by atoms with Crippen molar-refractivity contribution in [3.8, 4) is 0 Å². The van der Waals surface area contributed by atoms with E-state index in [9.17, 15) is 0 Å². The van der Waals surface area contributed by atoms with Gasteiger partial charge in [0.15, 0.2) is 0 Å². The fourth-order valence-electron chi connectivity index (χ4n) is 2.81. The maximum absolute atomic E-state index is 3.79. The fraction of sp³-hybridized carbons (Fsp3) is 0.750. The smallest absolute Gasteiger partial charge is 0.0202 e. The van der Waals surface area contributed by atoms with E-state index in [1.807, 2.05) is 6.08 Å². The first-order valence-electron chi connectivity index (χ1n) is 7.05. The van der Waals surface area contributed by atoms with Crippen molar-refractivity contribution in [2.24, 2.45) is 17.8 Å². The highest BCUT2D eigenvalue weighted by Gasteiger charge is 2.20. The van der Waals surface area contributed by atoms with Gasteiger partial charge < -0.3 is 0 Å². The molecule has 0 heterocycles. The Morgan fingerprint density at radius 2 is 2.25 bits per heavy atom. The lowest BCUT2D eigenvalue weighted by molar-refractivity contribution is 0.360. The summed E-state index contributed by atoms with van der Waals surface area (Å²) in [5.74, 6) is 2.71. The van der Waals surface area contributed by atoms with E-state index in [1.54, 1.807) is 0 Å². The first-order valence-corrected chi connectivity index (χ1v) is 7.05. The molecule has 1 rings (SSSR count). The van der Waals surface area contributed by atoms with Crippen LogP contribution >= 0.6 is 0 Å². The summed E-state index contributed by atoms with van der Waals surface area (Å²) >= 11 is 0. The molecule has 0 nitrogen and oxygen atoms in total. The van der Waals surface area contributed by atoms with E-state index in [1.165, 1.54) is 44.9 Å². The zero-order chi connectivity index (χ0) is 11.8.